The molecule has 4 aromatic rings. The Morgan fingerprint density at radius 2 is 2.07 bits per heavy atom. The van der Waals surface area contributed by atoms with Crippen LogP contribution >= 0.6 is 0 Å². The first-order chi connectivity index (χ1) is 14.0. The number of methoxy groups -OCH3 is 1. The maximum Gasteiger partial charge on any atom is 0.288 e. The van der Waals surface area contributed by atoms with Gasteiger partial charge in [0.2, 0.25) is 0 Å². The van der Waals surface area contributed by atoms with Crippen molar-refractivity contribution >= 4 is 16.9 Å². The Labute approximate surface area is 166 Å². The number of para-hydroxylation sites is 1. The molecular weight excluding hydrogens is 373 g/mol. The van der Waals surface area contributed by atoms with Gasteiger partial charge < -0.3 is 19.0 Å². The van der Waals surface area contributed by atoms with Crippen molar-refractivity contribution in [2.24, 2.45) is 7.05 Å². The molecule has 0 spiro atoms. The fraction of sp³-hybridized carbons (Fsp3) is 0.182. The molecule has 2 heterocycles. The second-order valence-corrected chi connectivity index (χ2v) is 6.74. The van der Waals surface area contributed by atoms with Crippen LogP contribution in [0.15, 0.2) is 59.3 Å². The highest BCUT2D eigenvalue weighted by atomic mass is 19.1. The quantitative estimate of drug-likeness (QED) is 0.553. The van der Waals surface area contributed by atoms with Gasteiger partial charge in [-0.15, -0.1) is 0 Å². The van der Waals surface area contributed by atoms with E-state index in [4.69, 9.17) is 9.15 Å². The first kappa shape index (κ1) is 18.7. The summed E-state index contributed by atoms with van der Waals surface area (Å²) < 4.78 is 26.6. The van der Waals surface area contributed by atoms with Crippen molar-refractivity contribution in [2.45, 2.75) is 13.0 Å². The molecule has 1 amide bonds. The van der Waals surface area contributed by atoms with Crippen LogP contribution in [0.1, 0.15) is 33.5 Å². The van der Waals surface area contributed by atoms with Gasteiger partial charge in [0, 0.05) is 36.0 Å². The van der Waals surface area contributed by atoms with E-state index >= 15 is 0 Å². The maximum absolute atomic E-state index is 13.6. The van der Waals surface area contributed by atoms with E-state index in [1.807, 2.05) is 35.9 Å². The molecule has 0 saturated heterocycles. The van der Waals surface area contributed by atoms with E-state index in [0.717, 1.165) is 5.56 Å². The van der Waals surface area contributed by atoms with Gasteiger partial charge in [0.15, 0.2) is 5.76 Å². The van der Waals surface area contributed by atoms with Crippen LogP contribution in [0.2, 0.25) is 0 Å². The zero-order valence-corrected chi connectivity index (χ0v) is 16.3. The molecule has 0 aliphatic heterocycles. The number of nitrogens with one attached hydrogen (secondary N) is 1. The first-order valence-electron chi connectivity index (χ1n) is 9.09. The minimum Gasteiger partial charge on any atom is -0.496 e. The minimum absolute atomic E-state index is 0.139. The molecule has 29 heavy (non-hydrogen) atoms. The van der Waals surface area contributed by atoms with Crippen LogP contribution in [0.25, 0.3) is 11.0 Å². The molecule has 0 aliphatic rings. The summed E-state index contributed by atoms with van der Waals surface area (Å²) in [7, 11) is 3.43. The van der Waals surface area contributed by atoms with E-state index < -0.39 is 11.9 Å². The Bertz CT molecular complexity index is 1200. The summed E-state index contributed by atoms with van der Waals surface area (Å²) >= 11 is 0. The molecule has 6 nitrogen and oxygen atoms in total. The van der Waals surface area contributed by atoms with Gasteiger partial charge in [-0.05, 0) is 31.2 Å². The zero-order valence-electron chi connectivity index (χ0n) is 16.3. The molecule has 0 aliphatic carbocycles. The van der Waals surface area contributed by atoms with Crippen molar-refractivity contribution in [3.63, 3.8) is 0 Å². The molecule has 0 unspecified atom stereocenters. The fourth-order valence-corrected chi connectivity index (χ4v) is 3.45. The Morgan fingerprint density at radius 3 is 2.79 bits per heavy atom. The number of halogens is 1. The number of amides is 1. The van der Waals surface area contributed by atoms with Crippen LogP contribution < -0.4 is 10.1 Å². The van der Waals surface area contributed by atoms with Crippen LogP contribution in [0, 0.1) is 12.7 Å². The number of hydrogen-bond acceptors (Lipinski definition) is 4. The van der Waals surface area contributed by atoms with Gasteiger partial charge >= 0.3 is 0 Å². The number of benzene rings is 2. The van der Waals surface area contributed by atoms with E-state index in [0.29, 0.717) is 28.1 Å². The third kappa shape index (κ3) is 3.35. The van der Waals surface area contributed by atoms with E-state index in [1.165, 1.54) is 18.2 Å². The van der Waals surface area contributed by atoms with Crippen LogP contribution in [-0.2, 0) is 7.05 Å². The van der Waals surface area contributed by atoms with Crippen LogP contribution in [0.5, 0.6) is 5.75 Å². The van der Waals surface area contributed by atoms with E-state index in [-0.39, 0.29) is 11.6 Å². The molecule has 0 saturated carbocycles. The molecule has 2 aromatic carbocycles. The molecule has 2 aromatic heterocycles. The summed E-state index contributed by atoms with van der Waals surface area (Å²) in [6.07, 6.45) is 3.47. The molecule has 1 N–H and O–H groups in total. The Kier molecular flexibility index (Phi) is 4.80. The number of rotatable bonds is 5. The van der Waals surface area contributed by atoms with E-state index in [9.17, 15) is 9.18 Å². The average molecular weight is 393 g/mol. The SMILES string of the molecule is COc1ccccc1[C@H](NC(=O)c1oc2ccc(F)cc2c1C)c1nccn1C. The third-order valence-electron chi connectivity index (χ3n) is 4.95. The molecule has 0 bridgehead atoms. The Balaban J connectivity index is 1.76. The van der Waals surface area contributed by atoms with Gasteiger partial charge in [0.05, 0.1) is 7.11 Å². The summed E-state index contributed by atoms with van der Waals surface area (Å²) in [5, 5.41) is 3.56. The molecule has 4 rings (SSSR count). The first-order valence-corrected chi connectivity index (χ1v) is 9.09. The predicted molar refractivity (Wildman–Crippen MR) is 106 cm³/mol. The number of fused-ring (bicyclic) bond motifs is 1. The van der Waals surface area contributed by atoms with Crippen molar-refractivity contribution < 1.29 is 18.3 Å². The summed E-state index contributed by atoms with van der Waals surface area (Å²) in [5.41, 5.74) is 1.80. The van der Waals surface area contributed by atoms with Crippen molar-refractivity contribution in [3.8, 4) is 5.75 Å². The second kappa shape index (κ2) is 7.43. The molecule has 0 fully saturated rings. The van der Waals surface area contributed by atoms with Gasteiger partial charge in [-0.1, -0.05) is 18.2 Å². The number of furan rings is 1. The van der Waals surface area contributed by atoms with Gasteiger partial charge in [-0.2, -0.15) is 0 Å². The Hall–Kier alpha value is -3.61. The largest absolute Gasteiger partial charge is 0.496 e. The minimum atomic E-state index is -0.567. The summed E-state index contributed by atoms with van der Waals surface area (Å²) in [5.74, 6) is 0.609. The van der Waals surface area contributed by atoms with Crippen molar-refractivity contribution in [2.75, 3.05) is 7.11 Å². The molecular formula is C22H20FN3O3. The summed E-state index contributed by atoms with van der Waals surface area (Å²) in [6.45, 7) is 1.74. The number of nitrogens with zero attached hydrogens (tertiary/aromatic N) is 2. The van der Waals surface area contributed by atoms with Crippen molar-refractivity contribution in [3.05, 3.63) is 83.4 Å². The number of hydrogen-bond donors (Lipinski definition) is 1. The van der Waals surface area contributed by atoms with Crippen molar-refractivity contribution in [1.82, 2.24) is 14.9 Å². The monoisotopic (exact) mass is 393 g/mol. The number of imidazole rings is 1. The maximum atomic E-state index is 13.6. The van der Waals surface area contributed by atoms with Crippen molar-refractivity contribution in [1.29, 1.82) is 0 Å². The molecule has 0 radical (unpaired) electrons. The predicted octanol–water partition coefficient (Wildman–Crippen LogP) is 4.14. The van der Waals surface area contributed by atoms with Gasteiger partial charge in [0.25, 0.3) is 5.91 Å². The normalized spacial score (nSPS) is 12.1. The van der Waals surface area contributed by atoms with Crippen LogP contribution in [0.3, 0.4) is 0 Å². The number of aromatic nitrogens is 2. The number of carbonyl (C=O) groups is 1. The van der Waals surface area contributed by atoms with Crippen LogP contribution in [-0.4, -0.2) is 22.6 Å². The van der Waals surface area contributed by atoms with Crippen LogP contribution in [0.4, 0.5) is 4.39 Å². The smallest absolute Gasteiger partial charge is 0.288 e. The molecule has 148 valence electrons. The standard InChI is InChI=1S/C22H20FN3O3/c1-13-16-12-14(23)8-9-18(16)29-20(13)22(27)25-19(21-24-10-11-26(21)2)15-6-4-5-7-17(15)28-3/h4-12,19H,1-3H3,(H,25,27)/t19-/m0/s1. The zero-order chi connectivity index (χ0) is 20.5. The van der Waals surface area contributed by atoms with E-state index in [1.54, 1.807) is 26.4 Å². The molecule has 1 atom stereocenters. The summed E-state index contributed by atoms with van der Waals surface area (Å²) in [4.78, 5) is 17.5. The highest BCUT2D eigenvalue weighted by Gasteiger charge is 2.27. The summed E-state index contributed by atoms with van der Waals surface area (Å²) in [6, 6.07) is 11.0. The topological polar surface area (TPSA) is 69.3 Å². The lowest BCUT2D eigenvalue weighted by Gasteiger charge is -2.21. The van der Waals surface area contributed by atoms with E-state index in [2.05, 4.69) is 10.3 Å². The lowest BCUT2D eigenvalue weighted by Crippen LogP contribution is -2.31. The lowest BCUT2D eigenvalue weighted by atomic mass is 10.0. The average Bonchev–Trinajstić information content (AvgIpc) is 3.29. The number of carbonyl (C=O) groups excluding carboxylic acids is 1. The molecule has 7 heteroatoms. The van der Waals surface area contributed by atoms with Gasteiger partial charge in [0.1, 0.15) is 29.0 Å². The van der Waals surface area contributed by atoms with Gasteiger partial charge in [-0.3, -0.25) is 4.79 Å². The highest BCUT2D eigenvalue weighted by molar-refractivity contribution is 5.99. The third-order valence-corrected chi connectivity index (χ3v) is 4.95. The number of aryl methyl sites for hydroxylation is 2. The lowest BCUT2D eigenvalue weighted by molar-refractivity contribution is 0.0914. The Morgan fingerprint density at radius 1 is 1.28 bits per heavy atom. The highest BCUT2D eigenvalue weighted by Crippen LogP contribution is 2.31. The van der Waals surface area contributed by atoms with Gasteiger partial charge in [-0.25, -0.2) is 9.37 Å². The number of ether oxygens (including phenoxy) is 1. The fourth-order valence-electron chi connectivity index (χ4n) is 3.45. The second-order valence-electron chi connectivity index (χ2n) is 6.74.